The molecule has 0 radical (unpaired) electrons. The molecule has 1 fully saturated rings. The van der Waals surface area contributed by atoms with E-state index in [0.717, 1.165) is 30.8 Å². The first kappa shape index (κ1) is 16.9. The Hall–Kier alpha value is -1.98. The zero-order valence-electron chi connectivity index (χ0n) is 13.3. The number of amides is 1. The lowest BCUT2D eigenvalue weighted by Gasteiger charge is -2.35. The van der Waals surface area contributed by atoms with E-state index in [-0.39, 0.29) is 11.7 Å². The third kappa shape index (κ3) is 4.30. The normalized spacial score (nSPS) is 15.5. The molecule has 126 valence electrons. The quantitative estimate of drug-likeness (QED) is 0.853. The number of nitrogens with zero attached hydrogens (tertiary/aromatic N) is 3. The van der Waals surface area contributed by atoms with Crippen LogP contribution >= 0.6 is 11.6 Å². The maximum Gasteiger partial charge on any atom is 0.227 e. The van der Waals surface area contributed by atoms with Gasteiger partial charge in [0.15, 0.2) is 0 Å². The summed E-state index contributed by atoms with van der Waals surface area (Å²) in [5, 5.41) is 0.673. The number of rotatable bonds is 4. The molecule has 1 amide bonds. The molecule has 1 aliphatic heterocycles. The molecule has 0 unspecified atom stereocenters. The summed E-state index contributed by atoms with van der Waals surface area (Å²) < 4.78 is 12.9. The molecule has 2 heterocycles. The van der Waals surface area contributed by atoms with Crippen molar-refractivity contribution in [2.75, 3.05) is 26.2 Å². The number of piperazine rings is 1. The molecule has 0 aliphatic carbocycles. The van der Waals surface area contributed by atoms with Gasteiger partial charge < -0.3 is 4.90 Å². The van der Waals surface area contributed by atoms with Crippen LogP contribution in [0.1, 0.15) is 11.1 Å². The molecular weight excluding hydrogens is 329 g/mol. The minimum absolute atomic E-state index is 0.0863. The standard InChI is InChI=1S/C18H19ClFN3O/c19-17-12-21-6-5-15(17)13-22-7-9-23(10-8-22)18(24)11-14-1-3-16(20)4-2-14/h1-6,12H,7-11,13H2. The second-order valence-electron chi connectivity index (χ2n) is 5.93. The van der Waals surface area contributed by atoms with Gasteiger partial charge in [-0.05, 0) is 29.3 Å². The maximum atomic E-state index is 12.9. The number of aromatic nitrogens is 1. The first-order valence-electron chi connectivity index (χ1n) is 7.95. The van der Waals surface area contributed by atoms with E-state index in [1.165, 1.54) is 12.1 Å². The van der Waals surface area contributed by atoms with Crippen molar-refractivity contribution in [2.24, 2.45) is 0 Å². The number of pyridine rings is 1. The van der Waals surface area contributed by atoms with E-state index in [1.807, 2.05) is 11.0 Å². The second-order valence-corrected chi connectivity index (χ2v) is 6.33. The minimum atomic E-state index is -0.283. The van der Waals surface area contributed by atoms with Gasteiger partial charge in [0.05, 0.1) is 11.4 Å². The van der Waals surface area contributed by atoms with Crippen LogP contribution in [0.25, 0.3) is 0 Å². The van der Waals surface area contributed by atoms with Crippen LogP contribution in [0.15, 0.2) is 42.7 Å². The van der Waals surface area contributed by atoms with Crippen LogP contribution in [0.2, 0.25) is 5.02 Å². The van der Waals surface area contributed by atoms with E-state index < -0.39 is 0 Å². The molecule has 0 atom stereocenters. The summed E-state index contributed by atoms with van der Waals surface area (Å²) in [7, 11) is 0. The molecule has 3 rings (SSSR count). The van der Waals surface area contributed by atoms with Crippen molar-refractivity contribution < 1.29 is 9.18 Å². The highest BCUT2D eigenvalue weighted by molar-refractivity contribution is 6.31. The first-order chi connectivity index (χ1) is 11.6. The van der Waals surface area contributed by atoms with Crippen molar-refractivity contribution in [3.63, 3.8) is 0 Å². The van der Waals surface area contributed by atoms with Crippen molar-refractivity contribution in [3.05, 3.63) is 64.7 Å². The average molecular weight is 348 g/mol. The molecule has 0 spiro atoms. The van der Waals surface area contributed by atoms with Gasteiger partial charge in [0, 0.05) is 45.1 Å². The molecule has 0 N–H and O–H groups in total. The topological polar surface area (TPSA) is 36.4 Å². The Labute approximate surface area is 145 Å². The molecule has 1 saturated heterocycles. The van der Waals surface area contributed by atoms with Crippen LogP contribution in [0, 0.1) is 5.82 Å². The van der Waals surface area contributed by atoms with Crippen LogP contribution in [-0.4, -0.2) is 46.9 Å². The van der Waals surface area contributed by atoms with E-state index in [2.05, 4.69) is 9.88 Å². The van der Waals surface area contributed by atoms with Crippen LogP contribution in [0.3, 0.4) is 0 Å². The summed E-state index contributed by atoms with van der Waals surface area (Å²) in [5.41, 5.74) is 1.89. The fourth-order valence-corrected chi connectivity index (χ4v) is 3.00. The fourth-order valence-electron chi connectivity index (χ4n) is 2.82. The summed E-state index contributed by atoms with van der Waals surface area (Å²) in [5.74, 6) is -0.196. The lowest BCUT2D eigenvalue weighted by atomic mass is 10.1. The lowest BCUT2D eigenvalue weighted by molar-refractivity contribution is -0.132. The van der Waals surface area contributed by atoms with Crippen LogP contribution in [-0.2, 0) is 17.8 Å². The summed E-state index contributed by atoms with van der Waals surface area (Å²) in [6, 6.07) is 8.02. The zero-order chi connectivity index (χ0) is 16.9. The Kier molecular flexibility index (Phi) is 5.43. The Morgan fingerprint density at radius 1 is 1.12 bits per heavy atom. The van der Waals surface area contributed by atoms with Gasteiger partial charge in [-0.2, -0.15) is 0 Å². The highest BCUT2D eigenvalue weighted by Crippen LogP contribution is 2.17. The van der Waals surface area contributed by atoms with Gasteiger partial charge in [-0.3, -0.25) is 14.7 Å². The van der Waals surface area contributed by atoms with Crippen molar-refractivity contribution in [1.82, 2.24) is 14.8 Å². The Bertz CT molecular complexity index is 700. The van der Waals surface area contributed by atoms with Gasteiger partial charge in [0.2, 0.25) is 5.91 Å². The van der Waals surface area contributed by atoms with Crippen molar-refractivity contribution in [3.8, 4) is 0 Å². The monoisotopic (exact) mass is 347 g/mol. The molecule has 4 nitrogen and oxygen atoms in total. The summed E-state index contributed by atoms with van der Waals surface area (Å²) in [4.78, 5) is 20.5. The molecule has 24 heavy (non-hydrogen) atoms. The summed E-state index contributed by atoms with van der Waals surface area (Å²) in [6.45, 7) is 3.79. The molecule has 1 aromatic carbocycles. The molecule has 0 bridgehead atoms. The molecular formula is C18H19ClFN3O. The van der Waals surface area contributed by atoms with E-state index in [0.29, 0.717) is 24.5 Å². The highest BCUT2D eigenvalue weighted by atomic mass is 35.5. The highest BCUT2D eigenvalue weighted by Gasteiger charge is 2.21. The van der Waals surface area contributed by atoms with Gasteiger partial charge >= 0.3 is 0 Å². The number of hydrogen-bond acceptors (Lipinski definition) is 3. The smallest absolute Gasteiger partial charge is 0.227 e. The van der Waals surface area contributed by atoms with E-state index in [9.17, 15) is 9.18 Å². The maximum absolute atomic E-state index is 12.9. The third-order valence-electron chi connectivity index (χ3n) is 4.24. The number of carbonyl (C=O) groups excluding carboxylic acids is 1. The lowest BCUT2D eigenvalue weighted by Crippen LogP contribution is -2.48. The molecule has 6 heteroatoms. The molecule has 0 saturated carbocycles. The van der Waals surface area contributed by atoms with Crippen LogP contribution in [0.4, 0.5) is 4.39 Å². The van der Waals surface area contributed by atoms with Crippen molar-refractivity contribution >= 4 is 17.5 Å². The average Bonchev–Trinajstić information content (AvgIpc) is 2.59. The van der Waals surface area contributed by atoms with Crippen molar-refractivity contribution in [1.29, 1.82) is 0 Å². The molecule has 1 aliphatic rings. The second kappa shape index (κ2) is 7.73. The van der Waals surface area contributed by atoms with Gasteiger partial charge in [-0.15, -0.1) is 0 Å². The fraction of sp³-hybridized carbons (Fsp3) is 0.333. The van der Waals surface area contributed by atoms with Crippen LogP contribution < -0.4 is 0 Å². The number of carbonyl (C=O) groups is 1. The van der Waals surface area contributed by atoms with Crippen molar-refractivity contribution in [2.45, 2.75) is 13.0 Å². The van der Waals surface area contributed by atoms with E-state index in [4.69, 9.17) is 11.6 Å². The van der Waals surface area contributed by atoms with Gasteiger partial charge in [0.25, 0.3) is 0 Å². The van der Waals surface area contributed by atoms with E-state index in [1.54, 1.807) is 24.5 Å². The van der Waals surface area contributed by atoms with E-state index >= 15 is 0 Å². The zero-order valence-corrected chi connectivity index (χ0v) is 14.0. The number of benzene rings is 1. The largest absolute Gasteiger partial charge is 0.340 e. The van der Waals surface area contributed by atoms with Gasteiger partial charge in [-0.25, -0.2) is 4.39 Å². The predicted molar refractivity (Wildman–Crippen MR) is 91.2 cm³/mol. The summed E-state index contributed by atoms with van der Waals surface area (Å²) >= 11 is 6.14. The molecule has 2 aromatic rings. The Morgan fingerprint density at radius 3 is 2.50 bits per heavy atom. The molecule has 1 aromatic heterocycles. The van der Waals surface area contributed by atoms with Crippen LogP contribution in [0.5, 0.6) is 0 Å². The van der Waals surface area contributed by atoms with Gasteiger partial charge in [0.1, 0.15) is 5.82 Å². The van der Waals surface area contributed by atoms with Gasteiger partial charge in [-0.1, -0.05) is 23.7 Å². The SMILES string of the molecule is O=C(Cc1ccc(F)cc1)N1CCN(Cc2ccncc2Cl)CC1. The number of hydrogen-bond donors (Lipinski definition) is 0. The number of halogens is 2. The minimum Gasteiger partial charge on any atom is -0.340 e. The third-order valence-corrected chi connectivity index (χ3v) is 4.58. The summed E-state index contributed by atoms with van der Waals surface area (Å²) in [6.07, 6.45) is 3.71. The predicted octanol–water partition coefficient (Wildman–Crippen LogP) is 2.76. The Balaban J connectivity index is 1.50. The Morgan fingerprint density at radius 2 is 1.83 bits per heavy atom. The first-order valence-corrected chi connectivity index (χ1v) is 8.32.